The lowest BCUT2D eigenvalue weighted by molar-refractivity contribution is 0.0771. The number of benzene rings is 1. The van der Waals surface area contributed by atoms with E-state index >= 15 is 0 Å². The van der Waals surface area contributed by atoms with E-state index in [0.717, 1.165) is 42.6 Å². The van der Waals surface area contributed by atoms with Gasteiger partial charge in [-0.05, 0) is 43.6 Å². The average Bonchev–Trinajstić information content (AvgIpc) is 2.62. The van der Waals surface area contributed by atoms with Crippen molar-refractivity contribution < 1.29 is 9.84 Å². The standard InChI is InChI=1S/C20H30O2/c1-5-14-15-13-20(10-8-6-7-9-11-20)22-17(15)12-16(18(14)21)19(2,3)4/h12,21H,5-11,13H2,1-4H3. The highest BCUT2D eigenvalue weighted by Crippen LogP contribution is 2.49. The van der Waals surface area contributed by atoms with Gasteiger partial charge in [-0.2, -0.15) is 0 Å². The first-order valence-corrected chi connectivity index (χ1v) is 8.93. The van der Waals surface area contributed by atoms with Crippen molar-refractivity contribution in [3.05, 3.63) is 22.8 Å². The van der Waals surface area contributed by atoms with Gasteiger partial charge in [0.15, 0.2) is 0 Å². The lowest BCUT2D eigenvalue weighted by atomic mass is 9.82. The summed E-state index contributed by atoms with van der Waals surface area (Å²) in [5, 5.41) is 10.8. The predicted octanol–water partition coefficient (Wildman–Crippen LogP) is 5.28. The van der Waals surface area contributed by atoms with E-state index in [9.17, 15) is 5.11 Å². The first-order valence-electron chi connectivity index (χ1n) is 8.93. The molecule has 1 aromatic rings. The fourth-order valence-electron chi connectivity index (χ4n) is 4.22. The molecule has 1 heterocycles. The highest BCUT2D eigenvalue weighted by atomic mass is 16.5. The maximum atomic E-state index is 10.8. The Kier molecular flexibility index (Phi) is 3.91. The van der Waals surface area contributed by atoms with E-state index in [2.05, 4.69) is 33.8 Å². The molecule has 1 N–H and O–H groups in total. The molecule has 2 heteroatoms. The van der Waals surface area contributed by atoms with E-state index in [0.29, 0.717) is 5.75 Å². The number of ether oxygens (including phenoxy) is 1. The molecule has 0 radical (unpaired) electrons. The number of rotatable bonds is 1. The van der Waals surface area contributed by atoms with Gasteiger partial charge in [-0.1, -0.05) is 40.5 Å². The Morgan fingerprint density at radius 2 is 1.77 bits per heavy atom. The molecule has 3 rings (SSSR count). The molecule has 2 nitrogen and oxygen atoms in total. The molecule has 2 aliphatic rings. The number of hydrogen-bond donors (Lipinski definition) is 1. The van der Waals surface area contributed by atoms with Crippen molar-refractivity contribution >= 4 is 0 Å². The Bertz CT molecular complexity index is 558. The fourth-order valence-corrected chi connectivity index (χ4v) is 4.22. The van der Waals surface area contributed by atoms with Crippen LogP contribution in [0.5, 0.6) is 11.5 Å². The van der Waals surface area contributed by atoms with Crippen molar-refractivity contribution in [1.29, 1.82) is 0 Å². The molecule has 0 saturated heterocycles. The monoisotopic (exact) mass is 302 g/mol. The largest absolute Gasteiger partial charge is 0.507 e. The zero-order valence-corrected chi connectivity index (χ0v) is 14.6. The van der Waals surface area contributed by atoms with Crippen molar-refractivity contribution in [2.75, 3.05) is 0 Å². The van der Waals surface area contributed by atoms with Crippen LogP contribution in [-0.4, -0.2) is 10.7 Å². The van der Waals surface area contributed by atoms with Crippen LogP contribution in [0.4, 0.5) is 0 Å². The summed E-state index contributed by atoms with van der Waals surface area (Å²) in [6, 6.07) is 2.11. The Labute approximate surface area is 134 Å². The van der Waals surface area contributed by atoms with Gasteiger partial charge in [0.25, 0.3) is 0 Å². The summed E-state index contributed by atoms with van der Waals surface area (Å²) in [4.78, 5) is 0. The molecule has 1 aliphatic carbocycles. The summed E-state index contributed by atoms with van der Waals surface area (Å²) >= 11 is 0. The van der Waals surface area contributed by atoms with Gasteiger partial charge in [0.1, 0.15) is 17.1 Å². The van der Waals surface area contributed by atoms with Crippen LogP contribution in [0.1, 0.15) is 82.9 Å². The van der Waals surface area contributed by atoms with Crippen LogP contribution in [0, 0.1) is 0 Å². The third kappa shape index (κ3) is 2.61. The molecule has 0 bridgehead atoms. The van der Waals surface area contributed by atoms with E-state index in [1.807, 2.05) is 0 Å². The van der Waals surface area contributed by atoms with Crippen molar-refractivity contribution in [3.8, 4) is 11.5 Å². The SMILES string of the molecule is CCc1c(O)c(C(C)(C)C)cc2c1CC1(CCCCCC1)O2. The van der Waals surface area contributed by atoms with Crippen molar-refractivity contribution in [2.24, 2.45) is 0 Å². The lowest BCUT2D eigenvalue weighted by Gasteiger charge is -2.27. The molecule has 1 saturated carbocycles. The maximum absolute atomic E-state index is 10.8. The van der Waals surface area contributed by atoms with Crippen LogP contribution in [-0.2, 0) is 18.3 Å². The summed E-state index contributed by atoms with van der Waals surface area (Å²) in [5.41, 5.74) is 3.35. The highest BCUT2D eigenvalue weighted by molar-refractivity contribution is 5.57. The molecule has 22 heavy (non-hydrogen) atoms. The maximum Gasteiger partial charge on any atom is 0.124 e. The molecule has 122 valence electrons. The van der Waals surface area contributed by atoms with Crippen LogP contribution in [0.3, 0.4) is 0 Å². The lowest BCUT2D eigenvalue weighted by Crippen LogP contribution is -2.33. The second-order valence-corrected chi connectivity index (χ2v) is 8.21. The zero-order valence-electron chi connectivity index (χ0n) is 14.6. The van der Waals surface area contributed by atoms with Gasteiger partial charge in [0, 0.05) is 23.1 Å². The number of aromatic hydroxyl groups is 1. The Morgan fingerprint density at radius 3 is 2.32 bits per heavy atom. The summed E-state index contributed by atoms with van der Waals surface area (Å²) in [7, 11) is 0. The van der Waals surface area contributed by atoms with Crippen LogP contribution in [0.15, 0.2) is 6.07 Å². The second-order valence-electron chi connectivity index (χ2n) is 8.21. The third-order valence-corrected chi connectivity index (χ3v) is 5.48. The van der Waals surface area contributed by atoms with Gasteiger partial charge in [-0.25, -0.2) is 0 Å². The van der Waals surface area contributed by atoms with Gasteiger partial charge in [-0.15, -0.1) is 0 Å². The van der Waals surface area contributed by atoms with E-state index < -0.39 is 0 Å². The summed E-state index contributed by atoms with van der Waals surface area (Å²) in [6.45, 7) is 8.61. The van der Waals surface area contributed by atoms with Crippen molar-refractivity contribution in [2.45, 2.75) is 90.1 Å². The molecule has 1 fully saturated rings. The van der Waals surface area contributed by atoms with E-state index in [1.165, 1.54) is 31.2 Å². The van der Waals surface area contributed by atoms with E-state index in [1.54, 1.807) is 0 Å². The van der Waals surface area contributed by atoms with Crippen LogP contribution in [0.25, 0.3) is 0 Å². The third-order valence-electron chi connectivity index (χ3n) is 5.48. The Balaban J connectivity index is 2.05. The number of phenols is 1. The van der Waals surface area contributed by atoms with Crippen molar-refractivity contribution in [3.63, 3.8) is 0 Å². The number of phenolic OH excluding ortho intramolecular Hbond substituents is 1. The molecule has 0 aromatic heterocycles. The first-order chi connectivity index (χ1) is 10.4. The summed E-state index contributed by atoms with van der Waals surface area (Å²) in [5.74, 6) is 1.55. The molecule has 0 unspecified atom stereocenters. The molecule has 1 spiro atoms. The van der Waals surface area contributed by atoms with Gasteiger partial charge in [0.05, 0.1) is 0 Å². The Hall–Kier alpha value is -1.18. The van der Waals surface area contributed by atoms with Crippen molar-refractivity contribution in [1.82, 2.24) is 0 Å². The van der Waals surface area contributed by atoms with Crippen LogP contribution in [0.2, 0.25) is 0 Å². The molecular formula is C20H30O2. The number of fused-ring (bicyclic) bond motifs is 1. The minimum Gasteiger partial charge on any atom is -0.507 e. The topological polar surface area (TPSA) is 29.5 Å². The first kappa shape index (κ1) is 15.7. The summed E-state index contributed by atoms with van der Waals surface area (Å²) in [6.07, 6.45) is 9.40. The minimum absolute atomic E-state index is 0.00566. The van der Waals surface area contributed by atoms with Gasteiger partial charge in [0.2, 0.25) is 0 Å². The molecule has 1 aliphatic heterocycles. The fraction of sp³-hybridized carbons (Fsp3) is 0.700. The molecule has 0 atom stereocenters. The van der Waals surface area contributed by atoms with Gasteiger partial charge >= 0.3 is 0 Å². The highest BCUT2D eigenvalue weighted by Gasteiger charge is 2.41. The Morgan fingerprint density at radius 1 is 1.14 bits per heavy atom. The van der Waals surface area contributed by atoms with E-state index in [-0.39, 0.29) is 11.0 Å². The van der Waals surface area contributed by atoms with Gasteiger partial charge in [-0.3, -0.25) is 0 Å². The number of hydrogen-bond acceptors (Lipinski definition) is 2. The average molecular weight is 302 g/mol. The molecular weight excluding hydrogens is 272 g/mol. The summed E-state index contributed by atoms with van der Waals surface area (Å²) < 4.78 is 6.54. The smallest absolute Gasteiger partial charge is 0.124 e. The molecule has 1 aromatic carbocycles. The quantitative estimate of drug-likeness (QED) is 0.764. The van der Waals surface area contributed by atoms with Gasteiger partial charge < -0.3 is 9.84 Å². The van der Waals surface area contributed by atoms with Crippen LogP contribution < -0.4 is 4.74 Å². The predicted molar refractivity (Wildman–Crippen MR) is 90.9 cm³/mol. The van der Waals surface area contributed by atoms with Crippen LogP contribution >= 0.6 is 0 Å². The minimum atomic E-state index is -0.0639. The zero-order chi connectivity index (χ0) is 16.0. The normalized spacial score (nSPS) is 20.5. The van der Waals surface area contributed by atoms with E-state index in [4.69, 9.17) is 4.74 Å². The molecule has 0 amide bonds. The second kappa shape index (κ2) is 5.47.